The third kappa shape index (κ3) is 4.61. The summed E-state index contributed by atoms with van der Waals surface area (Å²) in [7, 11) is 0. The normalized spacial score (nSPS) is 10.4. The van der Waals surface area contributed by atoms with E-state index in [-0.39, 0.29) is 11.9 Å². The van der Waals surface area contributed by atoms with E-state index >= 15 is 0 Å². The summed E-state index contributed by atoms with van der Waals surface area (Å²) in [5, 5.41) is 6.24. The maximum atomic E-state index is 11.8. The number of carbonyl (C=O) groups is 1. The Labute approximate surface area is 107 Å². The number of rotatable bonds is 5. The Hall–Kier alpha value is -1.29. The molecule has 94 valence electrons. The van der Waals surface area contributed by atoms with E-state index in [1.165, 1.54) is 0 Å². The molecule has 2 N–H and O–H groups in total. The van der Waals surface area contributed by atoms with Crippen molar-refractivity contribution in [2.75, 3.05) is 11.9 Å². The Kier molecular flexibility index (Phi) is 5.22. The number of hydrogen-bond donors (Lipinski definition) is 2. The highest BCUT2D eigenvalue weighted by Crippen LogP contribution is 2.14. The van der Waals surface area contributed by atoms with Gasteiger partial charge in [-0.1, -0.05) is 18.5 Å². The van der Waals surface area contributed by atoms with Crippen LogP contribution in [0.5, 0.6) is 0 Å². The minimum absolute atomic E-state index is 0.0986. The number of nitrogens with one attached hydrogen (secondary N) is 2. The first-order valence-electron chi connectivity index (χ1n) is 5.75. The van der Waals surface area contributed by atoms with Gasteiger partial charge in [0.15, 0.2) is 0 Å². The average molecular weight is 256 g/mol. The Morgan fingerprint density at radius 2 is 2.18 bits per heavy atom. The van der Waals surface area contributed by atoms with Gasteiger partial charge < -0.3 is 10.6 Å². The summed E-state index contributed by atoms with van der Waals surface area (Å²) >= 11 is 5.88. The van der Waals surface area contributed by atoms with Gasteiger partial charge in [-0.3, -0.25) is 4.79 Å². The summed E-state index contributed by atoms with van der Waals surface area (Å²) in [5.41, 5.74) is 0.525. The molecule has 5 heteroatoms. The van der Waals surface area contributed by atoms with Crippen LogP contribution >= 0.6 is 11.6 Å². The van der Waals surface area contributed by atoms with Gasteiger partial charge in [-0.25, -0.2) is 4.98 Å². The van der Waals surface area contributed by atoms with E-state index in [0.29, 0.717) is 16.5 Å². The summed E-state index contributed by atoms with van der Waals surface area (Å²) < 4.78 is 0. The molecule has 0 aliphatic rings. The molecule has 0 saturated carbocycles. The van der Waals surface area contributed by atoms with Crippen molar-refractivity contribution in [3.05, 3.63) is 22.8 Å². The topological polar surface area (TPSA) is 54.0 Å². The SMILES string of the molecule is CCCNc1cc(C(=O)NC(C)C)cc(Cl)n1. The molecule has 0 fully saturated rings. The van der Waals surface area contributed by atoms with Gasteiger partial charge in [0, 0.05) is 18.2 Å². The quantitative estimate of drug-likeness (QED) is 0.796. The number of aromatic nitrogens is 1. The van der Waals surface area contributed by atoms with Crippen molar-refractivity contribution in [1.29, 1.82) is 0 Å². The van der Waals surface area contributed by atoms with Gasteiger partial charge in [0.2, 0.25) is 0 Å². The van der Waals surface area contributed by atoms with Gasteiger partial charge >= 0.3 is 0 Å². The summed E-state index contributed by atoms with van der Waals surface area (Å²) in [6, 6.07) is 3.37. The first-order valence-corrected chi connectivity index (χ1v) is 6.13. The molecule has 17 heavy (non-hydrogen) atoms. The molecule has 0 radical (unpaired) electrons. The van der Waals surface area contributed by atoms with Gasteiger partial charge in [-0.2, -0.15) is 0 Å². The smallest absolute Gasteiger partial charge is 0.251 e. The number of halogens is 1. The number of amides is 1. The number of anilines is 1. The molecule has 0 bridgehead atoms. The number of hydrogen-bond acceptors (Lipinski definition) is 3. The maximum Gasteiger partial charge on any atom is 0.251 e. The van der Waals surface area contributed by atoms with Gasteiger partial charge in [-0.15, -0.1) is 0 Å². The largest absolute Gasteiger partial charge is 0.370 e. The molecule has 0 saturated heterocycles. The lowest BCUT2D eigenvalue weighted by atomic mass is 10.2. The Morgan fingerprint density at radius 3 is 2.76 bits per heavy atom. The van der Waals surface area contributed by atoms with Crippen LogP contribution in [0.3, 0.4) is 0 Å². The van der Waals surface area contributed by atoms with Crippen molar-refractivity contribution in [2.45, 2.75) is 33.2 Å². The summed E-state index contributed by atoms with van der Waals surface area (Å²) in [4.78, 5) is 15.9. The highest BCUT2D eigenvalue weighted by atomic mass is 35.5. The lowest BCUT2D eigenvalue weighted by Crippen LogP contribution is -2.30. The lowest BCUT2D eigenvalue weighted by Gasteiger charge is -2.10. The summed E-state index contributed by atoms with van der Waals surface area (Å²) in [6.07, 6.45) is 0.988. The van der Waals surface area contributed by atoms with Crippen LogP contribution in [0.4, 0.5) is 5.82 Å². The second kappa shape index (κ2) is 6.45. The molecule has 1 heterocycles. The van der Waals surface area contributed by atoms with E-state index < -0.39 is 0 Å². The summed E-state index contributed by atoms with van der Waals surface area (Å²) in [5.74, 6) is 0.497. The molecule has 0 atom stereocenters. The van der Waals surface area contributed by atoms with Crippen LogP contribution in [0.15, 0.2) is 12.1 Å². The fraction of sp³-hybridized carbons (Fsp3) is 0.500. The number of pyridine rings is 1. The van der Waals surface area contributed by atoms with Crippen molar-refractivity contribution >= 4 is 23.3 Å². The van der Waals surface area contributed by atoms with Crippen LogP contribution in [0.25, 0.3) is 0 Å². The zero-order valence-corrected chi connectivity index (χ0v) is 11.1. The minimum Gasteiger partial charge on any atom is -0.370 e. The van der Waals surface area contributed by atoms with Gasteiger partial charge in [0.05, 0.1) is 0 Å². The van der Waals surface area contributed by atoms with Crippen LogP contribution in [-0.4, -0.2) is 23.5 Å². The van der Waals surface area contributed by atoms with Gasteiger partial charge in [0.1, 0.15) is 11.0 Å². The lowest BCUT2D eigenvalue weighted by molar-refractivity contribution is 0.0943. The molecule has 1 amide bonds. The predicted molar refractivity (Wildman–Crippen MR) is 70.6 cm³/mol. The van der Waals surface area contributed by atoms with Crippen LogP contribution < -0.4 is 10.6 Å². The molecule has 0 aliphatic heterocycles. The van der Waals surface area contributed by atoms with Crippen LogP contribution in [0.1, 0.15) is 37.6 Å². The molecular weight excluding hydrogens is 238 g/mol. The molecule has 1 aromatic heterocycles. The third-order valence-electron chi connectivity index (χ3n) is 2.03. The summed E-state index contributed by atoms with van der Waals surface area (Å²) in [6.45, 7) is 6.69. The first kappa shape index (κ1) is 13.8. The highest BCUT2D eigenvalue weighted by molar-refractivity contribution is 6.29. The van der Waals surface area contributed by atoms with Gasteiger partial charge in [0.25, 0.3) is 5.91 Å². The van der Waals surface area contributed by atoms with Crippen molar-refractivity contribution in [3.8, 4) is 0 Å². The molecule has 0 aromatic carbocycles. The maximum absolute atomic E-state index is 11.8. The van der Waals surface area contributed by atoms with Crippen LogP contribution in [0.2, 0.25) is 5.15 Å². The van der Waals surface area contributed by atoms with E-state index in [1.807, 2.05) is 13.8 Å². The number of carbonyl (C=O) groups excluding carboxylic acids is 1. The molecular formula is C12H18ClN3O. The zero-order valence-electron chi connectivity index (χ0n) is 10.4. The predicted octanol–water partition coefficient (Wildman–Crippen LogP) is 2.70. The first-order chi connectivity index (χ1) is 8.02. The molecule has 0 spiro atoms. The molecule has 1 rings (SSSR count). The zero-order chi connectivity index (χ0) is 12.8. The van der Waals surface area contributed by atoms with E-state index in [4.69, 9.17) is 11.6 Å². The fourth-order valence-corrected chi connectivity index (χ4v) is 1.53. The van der Waals surface area contributed by atoms with Crippen LogP contribution in [-0.2, 0) is 0 Å². The van der Waals surface area contributed by atoms with E-state index in [2.05, 4.69) is 22.5 Å². The van der Waals surface area contributed by atoms with Crippen molar-refractivity contribution in [3.63, 3.8) is 0 Å². The van der Waals surface area contributed by atoms with Crippen molar-refractivity contribution in [1.82, 2.24) is 10.3 Å². The second-order valence-corrected chi connectivity index (χ2v) is 4.51. The molecule has 0 unspecified atom stereocenters. The Morgan fingerprint density at radius 1 is 1.47 bits per heavy atom. The van der Waals surface area contributed by atoms with Gasteiger partial charge in [-0.05, 0) is 32.4 Å². The monoisotopic (exact) mass is 255 g/mol. The van der Waals surface area contributed by atoms with E-state index in [0.717, 1.165) is 13.0 Å². The molecule has 1 aromatic rings. The third-order valence-corrected chi connectivity index (χ3v) is 2.23. The Balaban J connectivity index is 2.84. The second-order valence-electron chi connectivity index (χ2n) is 4.12. The molecule has 0 aliphatic carbocycles. The fourth-order valence-electron chi connectivity index (χ4n) is 1.32. The van der Waals surface area contributed by atoms with Crippen molar-refractivity contribution < 1.29 is 4.79 Å². The Bertz CT molecular complexity index is 393. The highest BCUT2D eigenvalue weighted by Gasteiger charge is 2.09. The van der Waals surface area contributed by atoms with E-state index in [1.54, 1.807) is 12.1 Å². The number of nitrogens with zero attached hydrogens (tertiary/aromatic N) is 1. The van der Waals surface area contributed by atoms with Crippen LogP contribution in [0, 0.1) is 0 Å². The standard InChI is InChI=1S/C12H18ClN3O/c1-4-5-14-11-7-9(6-10(13)16-11)12(17)15-8(2)3/h6-8H,4-5H2,1-3H3,(H,14,16)(H,15,17). The van der Waals surface area contributed by atoms with E-state index in [9.17, 15) is 4.79 Å². The molecule has 4 nitrogen and oxygen atoms in total. The minimum atomic E-state index is -0.135. The average Bonchev–Trinajstić information content (AvgIpc) is 2.24. The van der Waals surface area contributed by atoms with Crippen molar-refractivity contribution in [2.24, 2.45) is 0 Å².